The van der Waals surface area contributed by atoms with Gasteiger partial charge in [0.15, 0.2) is 0 Å². The first-order valence-corrected chi connectivity index (χ1v) is 5.97. The molecule has 0 aliphatic rings. The molecule has 4 heteroatoms. The molecule has 0 saturated heterocycles. The quantitative estimate of drug-likeness (QED) is 0.659. The van der Waals surface area contributed by atoms with Gasteiger partial charge in [0, 0.05) is 5.02 Å². The molecule has 0 bridgehead atoms. The highest BCUT2D eigenvalue weighted by Gasteiger charge is 2.13. The van der Waals surface area contributed by atoms with Gasteiger partial charge in [0.2, 0.25) is 0 Å². The fraction of sp³-hybridized carbons (Fsp3) is 0.143. The molecule has 2 rings (SSSR count). The largest absolute Gasteiger partial charge is 0.271 e. The topological polar surface area (TPSA) is 38.0 Å². The van der Waals surface area contributed by atoms with Crippen LogP contribution in [0.4, 0.5) is 4.39 Å². The molecule has 0 amide bonds. The summed E-state index contributed by atoms with van der Waals surface area (Å²) in [7, 11) is 0. The summed E-state index contributed by atoms with van der Waals surface area (Å²) in [5, 5.41) is 0.671. The van der Waals surface area contributed by atoms with Gasteiger partial charge in [-0.1, -0.05) is 35.9 Å². The number of hydrazine groups is 1. The van der Waals surface area contributed by atoms with Crippen LogP contribution in [0.3, 0.4) is 0 Å². The highest BCUT2D eigenvalue weighted by molar-refractivity contribution is 6.30. The number of halogens is 2. The first-order valence-electron chi connectivity index (χ1n) is 5.59. The molecule has 1 unspecified atom stereocenters. The van der Waals surface area contributed by atoms with Crippen molar-refractivity contribution in [3.63, 3.8) is 0 Å². The van der Waals surface area contributed by atoms with Crippen molar-refractivity contribution in [3.05, 3.63) is 70.0 Å². The average molecular weight is 265 g/mol. The Morgan fingerprint density at radius 3 is 2.28 bits per heavy atom. The van der Waals surface area contributed by atoms with E-state index in [-0.39, 0.29) is 11.9 Å². The monoisotopic (exact) mass is 264 g/mol. The van der Waals surface area contributed by atoms with Crippen molar-refractivity contribution in [2.24, 2.45) is 5.84 Å². The summed E-state index contributed by atoms with van der Waals surface area (Å²) in [5.74, 6) is 5.37. The van der Waals surface area contributed by atoms with Crippen molar-refractivity contribution in [2.45, 2.75) is 13.0 Å². The van der Waals surface area contributed by atoms with Gasteiger partial charge in [-0.3, -0.25) is 5.84 Å². The average Bonchev–Trinajstić information content (AvgIpc) is 2.37. The van der Waals surface area contributed by atoms with E-state index < -0.39 is 0 Å². The highest BCUT2D eigenvalue weighted by Crippen LogP contribution is 2.24. The third-order valence-electron chi connectivity index (χ3n) is 2.89. The maximum Gasteiger partial charge on any atom is 0.126 e. The van der Waals surface area contributed by atoms with E-state index in [1.54, 1.807) is 31.2 Å². The van der Waals surface area contributed by atoms with Gasteiger partial charge in [-0.15, -0.1) is 0 Å². The molecule has 0 spiro atoms. The smallest absolute Gasteiger partial charge is 0.126 e. The van der Waals surface area contributed by atoms with Crippen LogP contribution in [0.2, 0.25) is 5.02 Å². The molecule has 0 aliphatic heterocycles. The molecule has 2 nitrogen and oxygen atoms in total. The standard InChI is InChI=1S/C14H14ClFN2/c1-9-8-11(4-7-13(9)16)14(18-17)10-2-5-12(15)6-3-10/h2-8,14,18H,17H2,1H3. The normalized spacial score (nSPS) is 12.4. The highest BCUT2D eigenvalue weighted by atomic mass is 35.5. The Kier molecular flexibility index (Phi) is 3.97. The Morgan fingerprint density at radius 1 is 1.11 bits per heavy atom. The first-order chi connectivity index (χ1) is 8.61. The minimum Gasteiger partial charge on any atom is -0.271 e. The summed E-state index contributed by atoms with van der Waals surface area (Å²) in [4.78, 5) is 0. The van der Waals surface area contributed by atoms with Crippen LogP contribution in [0.5, 0.6) is 0 Å². The molecule has 1 atom stereocenters. The number of benzene rings is 2. The molecular formula is C14H14ClFN2. The van der Waals surface area contributed by atoms with E-state index in [9.17, 15) is 4.39 Å². The van der Waals surface area contributed by atoms with E-state index in [0.29, 0.717) is 10.6 Å². The predicted octanol–water partition coefficient (Wildman–Crippen LogP) is 3.34. The van der Waals surface area contributed by atoms with Crippen molar-refractivity contribution in [3.8, 4) is 0 Å². The molecule has 18 heavy (non-hydrogen) atoms. The first kappa shape index (κ1) is 13.0. The van der Waals surface area contributed by atoms with E-state index in [2.05, 4.69) is 5.43 Å². The maximum absolute atomic E-state index is 13.3. The molecule has 0 aliphatic carbocycles. The Hall–Kier alpha value is -1.42. The van der Waals surface area contributed by atoms with Gasteiger partial charge in [0.25, 0.3) is 0 Å². The van der Waals surface area contributed by atoms with Crippen molar-refractivity contribution in [1.29, 1.82) is 0 Å². The van der Waals surface area contributed by atoms with Crippen LogP contribution in [0.1, 0.15) is 22.7 Å². The summed E-state index contributed by atoms with van der Waals surface area (Å²) in [5.41, 5.74) is 5.23. The van der Waals surface area contributed by atoms with Gasteiger partial charge >= 0.3 is 0 Å². The fourth-order valence-electron chi connectivity index (χ4n) is 1.89. The number of aryl methyl sites for hydroxylation is 1. The molecule has 0 heterocycles. The van der Waals surface area contributed by atoms with E-state index in [4.69, 9.17) is 17.4 Å². The van der Waals surface area contributed by atoms with Crippen LogP contribution >= 0.6 is 11.6 Å². The van der Waals surface area contributed by atoms with Crippen LogP contribution < -0.4 is 11.3 Å². The molecule has 0 radical (unpaired) electrons. The number of hydrogen-bond donors (Lipinski definition) is 2. The lowest BCUT2D eigenvalue weighted by Crippen LogP contribution is -2.28. The zero-order chi connectivity index (χ0) is 13.1. The summed E-state index contributed by atoms with van der Waals surface area (Å²) in [6.07, 6.45) is 0. The predicted molar refractivity (Wildman–Crippen MR) is 71.8 cm³/mol. The molecule has 2 aromatic rings. The van der Waals surface area contributed by atoms with Gasteiger partial charge < -0.3 is 0 Å². The SMILES string of the molecule is Cc1cc(C(NN)c2ccc(Cl)cc2)ccc1F. The van der Waals surface area contributed by atoms with Gasteiger partial charge in [0.05, 0.1) is 6.04 Å². The third-order valence-corrected chi connectivity index (χ3v) is 3.14. The van der Waals surface area contributed by atoms with Crippen LogP contribution in [-0.4, -0.2) is 0 Å². The van der Waals surface area contributed by atoms with Gasteiger partial charge in [-0.05, 0) is 41.8 Å². The zero-order valence-electron chi connectivity index (χ0n) is 9.95. The van der Waals surface area contributed by atoms with Crippen molar-refractivity contribution >= 4 is 11.6 Å². The van der Waals surface area contributed by atoms with E-state index in [1.165, 1.54) is 6.07 Å². The van der Waals surface area contributed by atoms with Gasteiger partial charge in [0.1, 0.15) is 5.82 Å². The lowest BCUT2D eigenvalue weighted by Gasteiger charge is -2.17. The van der Waals surface area contributed by atoms with Gasteiger partial charge in [-0.2, -0.15) is 0 Å². The summed E-state index contributed by atoms with van der Waals surface area (Å²) >= 11 is 5.85. The lowest BCUT2D eigenvalue weighted by atomic mass is 9.98. The lowest BCUT2D eigenvalue weighted by molar-refractivity contribution is 0.608. The molecule has 94 valence electrons. The Bertz CT molecular complexity index is 540. The van der Waals surface area contributed by atoms with E-state index >= 15 is 0 Å². The fourth-order valence-corrected chi connectivity index (χ4v) is 2.01. The van der Waals surface area contributed by atoms with Crippen LogP contribution in [0, 0.1) is 12.7 Å². The number of rotatable bonds is 3. The Morgan fingerprint density at radius 2 is 1.72 bits per heavy atom. The number of nitrogens with one attached hydrogen (secondary N) is 1. The minimum absolute atomic E-state index is 0.179. The minimum atomic E-state index is -0.217. The molecule has 0 saturated carbocycles. The Labute approximate surface area is 111 Å². The molecule has 0 fully saturated rings. The van der Waals surface area contributed by atoms with Crippen LogP contribution in [0.25, 0.3) is 0 Å². The maximum atomic E-state index is 13.3. The van der Waals surface area contributed by atoms with E-state index in [1.807, 2.05) is 12.1 Å². The summed E-state index contributed by atoms with van der Waals surface area (Å²) < 4.78 is 13.3. The number of hydrogen-bond acceptors (Lipinski definition) is 2. The van der Waals surface area contributed by atoms with Crippen LogP contribution in [0.15, 0.2) is 42.5 Å². The zero-order valence-corrected chi connectivity index (χ0v) is 10.7. The van der Waals surface area contributed by atoms with Crippen molar-refractivity contribution < 1.29 is 4.39 Å². The number of nitrogens with two attached hydrogens (primary N) is 1. The second-order valence-electron chi connectivity index (χ2n) is 4.16. The third kappa shape index (κ3) is 2.70. The molecular weight excluding hydrogens is 251 g/mol. The van der Waals surface area contributed by atoms with Crippen LogP contribution in [-0.2, 0) is 0 Å². The van der Waals surface area contributed by atoms with E-state index in [0.717, 1.165) is 11.1 Å². The second-order valence-corrected chi connectivity index (χ2v) is 4.60. The molecule has 2 aromatic carbocycles. The van der Waals surface area contributed by atoms with Crippen molar-refractivity contribution in [2.75, 3.05) is 0 Å². The van der Waals surface area contributed by atoms with Gasteiger partial charge in [-0.25, -0.2) is 9.82 Å². The van der Waals surface area contributed by atoms with Crippen molar-refractivity contribution in [1.82, 2.24) is 5.43 Å². The second kappa shape index (κ2) is 5.48. The summed E-state index contributed by atoms with van der Waals surface area (Å²) in [6.45, 7) is 1.73. The Balaban J connectivity index is 2.38. The molecule has 0 aromatic heterocycles. The molecule has 3 N–H and O–H groups in total. The summed E-state index contributed by atoms with van der Waals surface area (Å²) in [6, 6.07) is 12.2.